The third-order valence-corrected chi connectivity index (χ3v) is 6.57. The first-order valence-corrected chi connectivity index (χ1v) is 10.2. The van der Waals surface area contributed by atoms with Crippen LogP contribution >= 0.6 is 0 Å². The Bertz CT molecular complexity index is 593. The van der Waals surface area contributed by atoms with E-state index >= 15 is 0 Å². The van der Waals surface area contributed by atoms with Crippen LogP contribution in [0, 0.1) is 0 Å². The Hall–Kier alpha value is -1.60. The highest BCUT2D eigenvalue weighted by Crippen LogP contribution is 2.45. The molecule has 2 aliphatic rings. The smallest absolute Gasteiger partial charge is 0.0204 e. The zero-order valence-electron chi connectivity index (χ0n) is 15.3. The van der Waals surface area contributed by atoms with Gasteiger partial charge in [0.15, 0.2) is 0 Å². The Kier molecular flexibility index (Phi) is 5.22. The third-order valence-electron chi connectivity index (χ3n) is 6.57. The molecule has 1 nitrogen and oxygen atoms in total. The lowest BCUT2D eigenvalue weighted by Crippen LogP contribution is -2.45. The molecule has 0 unspecified atom stereocenters. The van der Waals surface area contributed by atoms with Gasteiger partial charge in [-0.2, -0.15) is 0 Å². The molecule has 0 heterocycles. The Morgan fingerprint density at radius 1 is 0.600 bits per heavy atom. The average molecular weight is 334 g/mol. The summed E-state index contributed by atoms with van der Waals surface area (Å²) in [6.45, 7) is 0. The molecular weight excluding hydrogens is 302 g/mol. The van der Waals surface area contributed by atoms with Gasteiger partial charge in [-0.15, -0.1) is 0 Å². The van der Waals surface area contributed by atoms with Gasteiger partial charge in [0.2, 0.25) is 0 Å². The van der Waals surface area contributed by atoms with Crippen LogP contribution < -0.4 is 5.32 Å². The first-order valence-electron chi connectivity index (χ1n) is 10.2. The highest BCUT2D eigenvalue weighted by Gasteiger charge is 2.38. The van der Waals surface area contributed by atoms with Gasteiger partial charge in [-0.05, 0) is 49.7 Å². The van der Waals surface area contributed by atoms with E-state index < -0.39 is 0 Å². The van der Waals surface area contributed by atoms with E-state index in [1.54, 1.807) is 0 Å². The van der Waals surface area contributed by atoms with Crippen LogP contribution in [0.1, 0.15) is 68.9 Å². The van der Waals surface area contributed by atoms with Crippen LogP contribution in [-0.4, -0.2) is 12.1 Å². The lowest BCUT2D eigenvalue weighted by atomic mass is 9.64. The highest BCUT2D eigenvalue weighted by atomic mass is 15.0. The summed E-state index contributed by atoms with van der Waals surface area (Å²) in [5.41, 5.74) is 3.20. The summed E-state index contributed by atoms with van der Waals surface area (Å²) in [5, 5.41) is 4.00. The van der Waals surface area contributed by atoms with E-state index in [0.717, 1.165) is 6.04 Å². The minimum absolute atomic E-state index is 0.202. The molecule has 0 radical (unpaired) electrons. The molecule has 25 heavy (non-hydrogen) atoms. The summed E-state index contributed by atoms with van der Waals surface area (Å²) in [5.74, 6) is 0. The zero-order valence-corrected chi connectivity index (χ0v) is 15.3. The largest absolute Gasteiger partial charge is 0.311 e. The molecule has 2 aromatic rings. The third kappa shape index (κ3) is 3.67. The molecule has 0 atom stereocenters. The topological polar surface area (TPSA) is 12.0 Å². The van der Waals surface area contributed by atoms with Gasteiger partial charge in [-0.1, -0.05) is 79.9 Å². The molecule has 0 saturated heterocycles. The van der Waals surface area contributed by atoms with E-state index in [9.17, 15) is 0 Å². The van der Waals surface area contributed by atoms with Gasteiger partial charge in [0, 0.05) is 17.5 Å². The van der Waals surface area contributed by atoms with Crippen LogP contribution in [0.3, 0.4) is 0 Å². The Morgan fingerprint density at radius 2 is 1.08 bits per heavy atom. The average Bonchev–Trinajstić information content (AvgIpc) is 2.71. The highest BCUT2D eigenvalue weighted by molar-refractivity contribution is 5.40. The van der Waals surface area contributed by atoms with Gasteiger partial charge >= 0.3 is 0 Å². The van der Waals surface area contributed by atoms with Gasteiger partial charge in [0.25, 0.3) is 0 Å². The summed E-state index contributed by atoms with van der Waals surface area (Å²) in [6, 6.07) is 23.9. The molecule has 2 aliphatic carbocycles. The first kappa shape index (κ1) is 16.8. The van der Waals surface area contributed by atoms with Crippen LogP contribution in [0.15, 0.2) is 60.7 Å². The molecule has 0 aliphatic heterocycles. The fourth-order valence-corrected chi connectivity index (χ4v) is 5.14. The number of benzene rings is 2. The van der Waals surface area contributed by atoms with Crippen molar-refractivity contribution >= 4 is 0 Å². The minimum Gasteiger partial charge on any atom is -0.311 e. The minimum atomic E-state index is 0.202. The molecule has 2 aromatic carbocycles. The second kappa shape index (κ2) is 7.74. The van der Waals surface area contributed by atoms with Gasteiger partial charge in [0.05, 0.1) is 0 Å². The van der Waals surface area contributed by atoms with Crippen molar-refractivity contribution < 1.29 is 0 Å². The lowest BCUT2D eigenvalue weighted by molar-refractivity contribution is 0.246. The van der Waals surface area contributed by atoms with Crippen molar-refractivity contribution in [3.8, 4) is 0 Å². The van der Waals surface area contributed by atoms with Gasteiger partial charge in [0.1, 0.15) is 0 Å². The second-order valence-corrected chi connectivity index (χ2v) is 8.09. The monoisotopic (exact) mass is 333 g/mol. The summed E-state index contributed by atoms with van der Waals surface area (Å²) >= 11 is 0. The standard InChI is InChI=1S/C24H31N/c1-4-10-20(11-5-1)24(21-12-6-2-7-13-21)18-16-23(17-19-24)25-22-14-8-3-9-15-22/h1-2,4-7,10-13,22-23,25H,3,8-9,14-19H2. The van der Waals surface area contributed by atoms with Gasteiger partial charge in [-0.25, -0.2) is 0 Å². The van der Waals surface area contributed by atoms with Crippen molar-refractivity contribution in [2.45, 2.75) is 75.3 Å². The molecular formula is C24H31N. The molecule has 0 spiro atoms. The van der Waals surface area contributed by atoms with E-state index in [1.807, 2.05) is 0 Å². The van der Waals surface area contributed by atoms with E-state index in [-0.39, 0.29) is 5.41 Å². The zero-order chi connectivity index (χ0) is 17.0. The van der Waals surface area contributed by atoms with Crippen molar-refractivity contribution in [1.29, 1.82) is 0 Å². The number of hydrogen-bond acceptors (Lipinski definition) is 1. The summed E-state index contributed by atoms with van der Waals surface area (Å²) in [4.78, 5) is 0. The van der Waals surface area contributed by atoms with Crippen LogP contribution in [-0.2, 0) is 5.41 Å². The molecule has 1 heteroatoms. The van der Waals surface area contributed by atoms with E-state index in [4.69, 9.17) is 0 Å². The summed E-state index contributed by atoms with van der Waals surface area (Å²) < 4.78 is 0. The molecule has 4 rings (SSSR count). The van der Waals surface area contributed by atoms with Crippen molar-refractivity contribution in [2.75, 3.05) is 0 Å². The quantitative estimate of drug-likeness (QED) is 0.741. The van der Waals surface area contributed by atoms with Crippen molar-refractivity contribution in [3.05, 3.63) is 71.8 Å². The molecule has 0 amide bonds. The number of nitrogens with one attached hydrogen (secondary N) is 1. The molecule has 2 saturated carbocycles. The van der Waals surface area contributed by atoms with Gasteiger partial charge < -0.3 is 5.32 Å². The Labute approximate surface area is 152 Å². The fourth-order valence-electron chi connectivity index (χ4n) is 5.14. The van der Waals surface area contributed by atoms with Crippen molar-refractivity contribution in [3.63, 3.8) is 0 Å². The van der Waals surface area contributed by atoms with Crippen molar-refractivity contribution in [2.24, 2.45) is 0 Å². The lowest BCUT2D eigenvalue weighted by Gasteiger charge is -2.42. The van der Waals surface area contributed by atoms with Crippen LogP contribution in [0.4, 0.5) is 0 Å². The summed E-state index contributed by atoms with van der Waals surface area (Å²) in [7, 11) is 0. The molecule has 132 valence electrons. The maximum atomic E-state index is 4.00. The molecule has 0 bridgehead atoms. The molecule has 2 fully saturated rings. The first-order chi connectivity index (χ1) is 12.4. The Morgan fingerprint density at radius 3 is 1.60 bits per heavy atom. The van der Waals surface area contributed by atoms with Gasteiger partial charge in [-0.3, -0.25) is 0 Å². The molecule has 1 N–H and O–H groups in total. The Balaban J connectivity index is 1.52. The second-order valence-electron chi connectivity index (χ2n) is 8.09. The SMILES string of the molecule is c1ccc(C2(c3ccccc3)CCC(NC3CCCCC3)CC2)cc1. The molecule has 0 aromatic heterocycles. The maximum absolute atomic E-state index is 4.00. The van der Waals surface area contributed by atoms with E-state index in [0.29, 0.717) is 6.04 Å². The van der Waals surface area contributed by atoms with E-state index in [1.165, 1.54) is 68.9 Å². The van der Waals surface area contributed by atoms with Crippen molar-refractivity contribution in [1.82, 2.24) is 5.32 Å². The summed E-state index contributed by atoms with van der Waals surface area (Å²) in [6.07, 6.45) is 12.1. The maximum Gasteiger partial charge on any atom is 0.0204 e. The number of rotatable bonds is 4. The van der Waals surface area contributed by atoms with Crippen LogP contribution in [0.2, 0.25) is 0 Å². The predicted molar refractivity (Wildman–Crippen MR) is 106 cm³/mol. The van der Waals surface area contributed by atoms with Crippen LogP contribution in [0.25, 0.3) is 0 Å². The predicted octanol–water partition coefficient (Wildman–Crippen LogP) is 5.84. The fraction of sp³-hybridized carbons (Fsp3) is 0.500. The van der Waals surface area contributed by atoms with Crippen LogP contribution in [0.5, 0.6) is 0 Å². The number of hydrogen-bond donors (Lipinski definition) is 1. The normalized spacial score (nSPS) is 21.9. The van der Waals surface area contributed by atoms with E-state index in [2.05, 4.69) is 66.0 Å².